The van der Waals surface area contributed by atoms with Crippen LogP contribution in [-0.2, 0) is 12.8 Å². The minimum absolute atomic E-state index is 0.0554. The molecule has 2 aromatic rings. The summed E-state index contributed by atoms with van der Waals surface area (Å²) in [6.07, 6.45) is 1.80. The van der Waals surface area contributed by atoms with Gasteiger partial charge in [-0.2, -0.15) is 0 Å². The van der Waals surface area contributed by atoms with Crippen molar-refractivity contribution in [3.05, 3.63) is 68.7 Å². The molecule has 1 N–H and O–H groups in total. The largest absolute Gasteiger partial charge is 0.349 e. The van der Waals surface area contributed by atoms with E-state index in [0.29, 0.717) is 10.6 Å². The van der Waals surface area contributed by atoms with E-state index in [9.17, 15) is 4.79 Å². The normalized spacial score (nSPS) is 14.1. The van der Waals surface area contributed by atoms with Crippen molar-refractivity contribution in [3.8, 4) is 0 Å². The van der Waals surface area contributed by atoms with Crippen LogP contribution in [0.2, 0.25) is 5.02 Å². The fourth-order valence-electron chi connectivity index (χ4n) is 2.57. The Morgan fingerprint density at radius 1 is 1.15 bits per heavy atom. The van der Waals surface area contributed by atoms with Crippen molar-refractivity contribution >= 4 is 33.4 Å². The average molecular weight is 351 g/mol. The van der Waals surface area contributed by atoms with E-state index in [1.807, 2.05) is 12.1 Å². The Labute approximate surface area is 131 Å². The maximum Gasteiger partial charge on any atom is 0.251 e. The van der Waals surface area contributed by atoms with Gasteiger partial charge in [-0.3, -0.25) is 4.79 Å². The molecule has 0 unspecified atom stereocenters. The van der Waals surface area contributed by atoms with Gasteiger partial charge in [-0.15, -0.1) is 0 Å². The van der Waals surface area contributed by atoms with Gasteiger partial charge >= 0.3 is 0 Å². The standard InChI is InChI=1S/C16H13BrClNO/c17-14-9-12(5-6-15(14)18)16(20)19-13-7-10-3-1-2-4-11(10)8-13/h1-6,9,13H,7-8H2,(H,19,20). The SMILES string of the molecule is O=C(NC1Cc2ccccc2C1)c1ccc(Cl)c(Br)c1. The van der Waals surface area contributed by atoms with Gasteiger partial charge in [-0.05, 0) is 58.1 Å². The average Bonchev–Trinajstić information content (AvgIpc) is 2.83. The number of fused-ring (bicyclic) bond motifs is 1. The van der Waals surface area contributed by atoms with Crippen molar-refractivity contribution in [2.75, 3.05) is 0 Å². The monoisotopic (exact) mass is 349 g/mol. The molecule has 20 heavy (non-hydrogen) atoms. The number of amides is 1. The molecule has 0 heterocycles. The molecule has 1 amide bonds. The van der Waals surface area contributed by atoms with E-state index >= 15 is 0 Å². The third kappa shape index (κ3) is 2.74. The van der Waals surface area contributed by atoms with Crippen LogP contribution in [0.4, 0.5) is 0 Å². The Balaban J connectivity index is 1.70. The molecule has 3 rings (SSSR count). The van der Waals surface area contributed by atoms with Gasteiger partial charge in [0.1, 0.15) is 0 Å². The van der Waals surface area contributed by atoms with Gasteiger partial charge in [0.2, 0.25) is 0 Å². The fourth-order valence-corrected chi connectivity index (χ4v) is 3.06. The molecule has 0 saturated heterocycles. The Bertz CT molecular complexity index is 646. The first-order chi connectivity index (χ1) is 9.63. The first-order valence-electron chi connectivity index (χ1n) is 6.46. The minimum Gasteiger partial charge on any atom is -0.349 e. The van der Waals surface area contributed by atoms with Gasteiger partial charge in [0, 0.05) is 16.1 Å². The van der Waals surface area contributed by atoms with Crippen LogP contribution in [0, 0.1) is 0 Å². The summed E-state index contributed by atoms with van der Waals surface area (Å²) in [6.45, 7) is 0. The van der Waals surface area contributed by atoms with E-state index < -0.39 is 0 Å². The van der Waals surface area contributed by atoms with Crippen LogP contribution in [0.15, 0.2) is 46.9 Å². The van der Waals surface area contributed by atoms with Gasteiger partial charge in [0.15, 0.2) is 0 Å². The number of hydrogen-bond donors (Lipinski definition) is 1. The van der Waals surface area contributed by atoms with Gasteiger partial charge in [0.05, 0.1) is 5.02 Å². The fraction of sp³-hybridized carbons (Fsp3) is 0.188. The Morgan fingerprint density at radius 3 is 2.40 bits per heavy atom. The predicted molar refractivity (Wildman–Crippen MR) is 84.3 cm³/mol. The van der Waals surface area contributed by atoms with Gasteiger partial charge in [-0.25, -0.2) is 0 Å². The lowest BCUT2D eigenvalue weighted by molar-refractivity contribution is 0.0938. The van der Waals surface area contributed by atoms with Crippen LogP contribution in [0.25, 0.3) is 0 Å². The Kier molecular flexibility index (Phi) is 3.81. The van der Waals surface area contributed by atoms with Crippen molar-refractivity contribution in [2.24, 2.45) is 0 Å². The van der Waals surface area contributed by atoms with Crippen molar-refractivity contribution in [3.63, 3.8) is 0 Å². The summed E-state index contributed by atoms with van der Waals surface area (Å²) < 4.78 is 0.738. The predicted octanol–water partition coefficient (Wildman–Crippen LogP) is 4.00. The van der Waals surface area contributed by atoms with E-state index in [-0.39, 0.29) is 11.9 Å². The molecule has 0 saturated carbocycles. The van der Waals surface area contributed by atoms with Crippen LogP contribution in [0.1, 0.15) is 21.5 Å². The molecule has 1 aliphatic rings. The van der Waals surface area contributed by atoms with Crippen LogP contribution < -0.4 is 5.32 Å². The molecule has 4 heteroatoms. The molecule has 102 valence electrons. The van der Waals surface area contributed by atoms with Crippen molar-refractivity contribution in [1.29, 1.82) is 0 Å². The lowest BCUT2D eigenvalue weighted by atomic mass is 10.1. The smallest absolute Gasteiger partial charge is 0.251 e. The first kappa shape index (κ1) is 13.7. The van der Waals surface area contributed by atoms with E-state index in [0.717, 1.165) is 17.3 Å². The van der Waals surface area contributed by atoms with E-state index in [4.69, 9.17) is 11.6 Å². The second-order valence-corrected chi connectivity index (χ2v) is 6.24. The topological polar surface area (TPSA) is 29.1 Å². The van der Waals surface area contributed by atoms with Crippen LogP contribution in [0.3, 0.4) is 0 Å². The van der Waals surface area contributed by atoms with Gasteiger partial charge < -0.3 is 5.32 Å². The van der Waals surface area contributed by atoms with Gasteiger partial charge in [-0.1, -0.05) is 35.9 Å². The molecule has 0 radical (unpaired) electrons. The zero-order chi connectivity index (χ0) is 14.1. The zero-order valence-electron chi connectivity index (χ0n) is 10.7. The number of nitrogens with one attached hydrogen (secondary N) is 1. The summed E-state index contributed by atoms with van der Waals surface area (Å²) in [6, 6.07) is 13.7. The molecule has 0 bridgehead atoms. The molecule has 0 spiro atoms. The highest BCUT2D eigenvalue weighted by Crippen LogP contribution is 2.24. The Hall–Kier alpha value is -1.32. The molecule has 0 atom stereocenters. The maximum absolute atomic E-state index is 12.2. The Morgan fingerprint density at radius 2 is 1.80 bits per heavy atom. The summed E-state index contributed by atoms with van der Waals surface area (Å²) in [7, 11) is 0. The molecule has 2 nitrogen and oxygen atoms in total. The summed E-state index contributed by atoms with van der Waals surface area (Å²) in [5.74, 6) is -0.0554. The summed E-state index contributed by atoms with van der Waals surface area (Å²) in [5, 5.41) is 3.69. The highest BCUT2D eigenvalue weighted by molar-refractivity contribution is 9.10. The van der Waals surface area contributed by atoms with E-state index in [2.05, 4.69) is 33.4 Å². The van der Waals surface area contributed by atoms with E-state index in [1.165, 1.54) is 11.1 Å². The number of carbonyl (C=O) groups is 1. The van der Waals surface area contributed by atoms with Crippen LogP contribution >= 0.6 is 27.5 Å². The number of benzene rings is 2. The lowest BCUT2D eigenvalue weighted by Gasteiger charge is -2.12. The van der Waals surface area contributed by atoms with Gasteiger partial charge in [0.25, 0.3) is 5.91 Å². The zero-order valence-corrected chi connectivity index (χ0v) is 13.0. The van der Waals surface area contributed by atoms with Crippen LogP contribution in [0.5, 0.6) is 0 Å². The summed E-state index contributed by atoms with van der Waals surface area (Å²) >= 11 is 9.28. The third-order valence-electron chi connectivity index (χ3n) is 3.57. The molecular formula is C16H13BrClNO. The first-order valence-corrected chi connectivity index (χ1v) is 7.63. The highest BCUT2D eigenvalue weighted by Gasteiger charge is 2.22. The molecular weight excluding hydrogens is 338 g/mol. The number of rotatable bonds is 2. The minimum atomic E-state index is -0.0554. The number of carbonyl (C=O) groups excluding carboxylic acids is 1. The third-order valence-corrected chi connectivity index (χ3v) is 4.78. The lowest BCUT2D eigenvalue weighted by Crippen LogP contribution is -2.35. The number of hydrogen-bond acceptors (Lipinski definition) is 1. The molecule has 0 aromatic heterocycles. The van der Waals surface area contributed by atoms with Crippen molar-refractivity contribution < 1.29 is 4.79 Å². The molecule has 0 aliphatic heterocycles. The van der Waals surface area contributed by atoms with Crippen LogP contribution in [-0.4, -0.2) is 11.9 Å². The van der Waals surface area contributed by atoms with Crippen molar-refractivity contribution in [1.82, 2.24) is 5.32 Å². The quantitative estimate of drug-likeness (QED) is 0.871. The maximum atomic E-state index is 12.2. The number of halogens is 2. The van der Waals surface area contributed by atoms with E-state index in [1.54, 1.807) is 18.2 Å². The summed E-state index contributed by atoms with van der Waals surface area (Å²) in [5.41, 5.74) is 3.28. The molecule has 0 fully saturated rings. The molecule has 1 aliphatic carbocycles. The summed E-state index contributed by atoms with van der Waals surface area (Å²) in [4.78, 5) is 12.2. The van der Waals surface area contributed by atoms with Crippen molar-refractivity contribution in [2.45, 2.75) is 18.9 Å². The second kappa shape index (κ2) is 5.58. The highest BCUT2D eigenvalue weighted by atomic mass is 79.9. The second-order valence-electron chi connectivity index (χ2n) is 4.98. The molecule has 2 aromatic carbocycles.